The van der Waals surface area contributed by atoms with Crippen molar-refractivity contribution in [1.82, 2.24) is 0 Å². The zero-order valence-electron chi connectivity index (χ0n) is 28.7. The molecule has 0 amide bonds. The fourth-order valence-electron chi connectivity index (χ4n) is 8.20. The van der Waals surface area contributed by atoms with Crippen LogP contribution in [0.4, 0.5) is 17.1 Å². The average Bonchev–Trinajstić information content (AvgIpc) is 3.80. The second-order valence-corrected chi connectivity index (χ2v) is 14.7. The standard InChI is InChI=1S/C50H31NOS/c1-2-13-37-32(11-1)12-9-20-45(37)51(35-27-30-49-44(31-35)42-17-6-8-22-48(42)53-49)46-29-28-36(39-14-3-4-15-40(39)46)33-23-25-34(26-24-33)38-18-10-19-43-41-16-5-7-21-47(41)52-50(38)43/h1-31H. The van der Waals surface area contributed by atoms with Gasteiger partial charge in [-0.1, -0.05) is 146 Å². The molecular formula is C50H31NOS. The van der Waals surface area contributed by atoms with Gasteiger partial charge in [0.15, 0.2) is 0 Å². The lowest BCUT2D eigenvalue weighted by atomic mass is 9.94. The Bertz CT molecular complexity index is 3180. The zero-order chi connectivity index (χ0) is 34.9. The molecule has 0 bridgehead atoms. The number of benzene rings is 9. The van der Waals surface area contributed by atoms with Gasteiger partial charge in [0.2, 0.25) is 0 Å². The van der Waals surface area contributed by atoms with Crippen LogP contribution in [0.1, 0.15) is 0 Å². The second kappa shape index (κ2) is 11.9. The molecule has 0 saturated heterocycles. The van der Waals surface area contributed by atoms with Crippen LogP contribution in [0.5, 0.6) is 0 Å². The molecule has 0 unspecified atom stereocenters. The zero-order valence-corrected chi connectivity index (χ0v) is 29.5. The summed E-state index contributed by atoms with van der Waals surface area (Å²) in [5.41, 5.74) is 9.91. The number of anilines is 3. The molecule has 248 valence electrons. The summed E-state index contributed by atoms with van der Waals surface area (Å²) in [4.78, 5) is 2.46. The molecule has 0 aliphatic rings. The third-order valence-corrected chi connectivity index (χ3v) is 11.8. The van der Waals surface area contributed by atoms with E-state index in [0.29, 0.717) is 0 Å². The van der Waals surface area contributed by atoms with E-state index in [1.54, 1.807) is 0 Å². The largest absolute Gasteiger partial charge is 0.455 e. The maximum atomic E-state index is 6.38. The average molecular weight is 694 g/mol. The van der Waals surface area contributed by atoms with Crippen LogP contribution < -0.4 is 4.90 Å². The Labute approximate surface area is 310 Å². The predicted octanol–water partition coefficient (Wildman–Crippen LogP) is 15.1. The van der Waals surface area contributed by atoms with Crippen molar-refractivity contribution in [3.8, 4) is 22.3 Å². The van der Waals surface area contributed by atoms with Crippen LogP contribution in [0.25, 0.3) is 85.9 Å². The van der Waals surface area contributed by atoms with E-state index in [1.165, 1.54) is 52.8 Å². The highest BCUT2D eigenvalue weighted by Crippen LogP contribution is 2.46. The molecule has 0 aliphatic heterocycles. The van der Waals surface area contributed by atoms with E-state index >= 15 is 0 Å². The van der Waals surface area contributed by atoms with E-state index in [4.69, 9.17) is 4.42 Å². The summed E-state index contributed by atoms with van der Waals surface area (Å²) in [6.07, 6.45) is 0. The number of rotatable bonds is 5. The lowest BCUT2D eigenvalue weighted by Crippen LogP contribution is -2.11. The lowest BCUT2D eigenvalue weighted by molar-refractivity contribution is 0.670. The first-order valence-electron chi connectivity index (χ1n) is 18.0. The highest BCUT2D eigenvalue weighted by Gasteiger charge is 2.20. The van der Waals surface area contributed by atoms with Crippen LogP contribution in [0.15, 0.2) is 192 Å². The summed E-state index contributed by atoms with van der Waals surface area (Å²) in [5.74, 6) is 0. The van der Waals surface area contributed by atoms with Gasteiger partial charge in [0.25, 0.3) is 0 Å². The van der Waals surface area contributed by atoms with Crippen molar-refractivity contribution < 1.29 is 4.42 Å². The number of nitrogens with zero attached hydrogens (tertiary/aromatic N) is 1. The minimum absolute atomic E-state index is 0.916. The van der Waals surface area contributed by atoms with E-state index < -0.39 is 0 Å². The Morgan fingerprint density at radius 1 is 0.377 bits per heavy atom. The topological polar surface area (TPSA) is 16.4 Å². The van der Waals surface area contributed by atoms with Crippen molar-refractivity contribution in [2.24, 2.45) is 0 Å². The molecule has 2 aromatic heterocycles. The molecule has 0 atom stereocenters. The van der Waals surface area contributed by atoms with Crippen molar-refractivity contribution in [3.05, 3.63) is 188 Å². The first-order valence-corrected chi connectivity index (χ1v) is 18.8. The van der Waals surface area contributed by atoms with E-state index in [-0.39, 0.29) is 0 Å². The first-order chi connectivity index (χ1) is 26.3. The van der Waals surface area contributed by atoms with E-state index in [9.17, 15) is 0 Å². The smallest absolute Gasteiger partial charge is 0.143 e. The first kappa shape index (κ1) is 30.0. The van der Waals surface area contributed by atoms with Crippen LogP contribution in [-0.2, 0) is 0 Å². The van der Waals surface area contributed by atoms with Crippen LogP contribution in [0.3, 0.4) is 0 Å². The molecule has 2 nitrogen and oxygen atoms in total. The van der Waals surface area contributed by atoms with Gasteiger partial charge in [-0.3, -0.25) is 0 Å². The molecule has 11 aromatic rings. The number of hydrogen-bond donors (Lipinski definition) is 0. The minimum Gasteiger partial charge on any atom is -0.455 e. The number of para-hydroxylation sites is 2. The molecule has 9 aromatic carbocycles. The van der Waals surface area contributed by atoms with Crippen molar-refractivity contribution in [2.75, 3.05) is 4.90 Å². The van der Waals surface area contributed by atoms with Gasteiger partial charge in [-0.25, -0.2) is 0 Å². The molecule has 0 saturated carbocycles. The van der Waals surface area contributed by atoms with Gasteiger partial charge >= 0.3 is 0 Å². The predicted molar refractivity (Wildman–Crippen MR) is 227 cm³/mol. The lowest BCUT2D eigenvalue weighted by Gasteiger charge is -2.29. The fourth-order valence-corrected chi connectivity index (χ4v) is 9.28. The molecule has 11 rings (SSSR count). The van der Waals surface area contributed by atoms with Gasteiger partial charge in [0, 0.05) is 53.0 Å². The van der Waals surface area contributed by atoms with Gasteiger partial charge in [-0.05, 0) is 69.9 Å². The van der Waals surface area contributed by atoms with Crippen molar-refractivity contribution >= 4 is 92.1 Å². The van der Waals surface area contributed by atoms with Gasteiger partial charge < -0.3 is 9.32 Å². The van der Waals surface area contributed by atoms with Crippen LogP contribution in [0, 0.1) is 0 Å². The van der Waals surface area contributed by atoms with Crippen LogP contribution >= 0.6 is 11.3 Å². The van der Waals surface area contributed by atoms with Crippen molar-refractivity contribution in [3.63, 3.8) is 0 Å². The molecular weight excluding hydrogens is 663 g/mol. The highest BCUT2D eigenvalue weighted by atomic mass is 32.1. The monoisotopic (exact) mass is 693 g/mol. The molecule has 3 heteroatoms. The highest BCUT2D eigenvalue weighted by molar-refractivity contribution is 7.25. The fraction of sp³-hybridized carbons (Fsp3) is 0. The quantitative estimate of drug-likeness (QED) is 0.178. The summed E-state index contributed by atoms with van der Waals surface area (Å²) in [6.45, 7) is 0. The molecule has 53 heavy (non-hydrogen) atoms. The van der Waals surface area contributed by atoms with Crippen molar-refractivity contribution in [2.45, 2.75) is 0 Å². The number of thiophene rings is 1. The van der Waals surface area contributed by atoms with E-state index in [0.717, 1.165) is 50.1 Å². The summed E-state index contributed by atoms with van der Waals surface area (Å²) >= 11 is 1.86. The molecule has 0 radical (unpaired) electrons. The normalized spacial score (nSPS) is 11.8. The minimum atomic E-state index is 0.916. The Morgan fingerprint density at radius 3 is 1.87 bits per heavy atom. The number of furan rings is 1. The Balaban J connectivity index is 1.08. The molecule has 0 spiro atoms. The summed E-state index contributed by atoms with van der Waals surface area (Å²) in [6, 6.07) is 68.1. The van der Waals surface area contributed by atoms with Gasteiger partial charge in [0.1, 0.15) is 11.2 Å². The van der Waals surface area contributed by atoms with Gasteiger partial charge in [0.05, 0.1) is 11.4 Å². The maximum Gasteiger partial charge on any atom is 0.143 e. The van der Waals surface area contributed by atoms with Crippen LogP contribution in [-0.4, -0.2) is 0 Å². The molecule has 0 fully saturated rings. The second-order valence-electron chi connectivity index (χ2n) is 13.6. The molecule has 0 N–H and O–H groups in total. The Hall–Kier alpha value is -6.68. The Morgan fingerprint density at radius 2 is 1.00 bits per heavy atom. The van der Waals surface area contributed by atoms with Crippen molar-refractivity contribution in [1.29, 1.82) is 0 Å². The van der Waals surface area contributed by atoms with E-state index in [1.807, 2.05) is 23.5 Å². The summed E-state index contributed by atoms with van der Waals surface area (Å²) in [5, 5.41) is 9.72. The van der Waals surface area contributed by atoms with Gasteiger partial charge in [-0.2, -0.15) is 0 Å². The molecule has 0 aliphatic carbocycles. The van der Waals surface area contributed by atoms with Gasteiger partial charge in [-0.15, -0.1) is 11.3 Å². The summed E-state index contributed by atoms with van der Waals surface area (Å²) in [7, 11) is 0. The third-order valence-electron chi connectivity index (χ3n) is 10.7. The van der Waals surface area contributed by atoms with E-state index in [2.05, 4.69) is 181 Å². The molecule has 2 heterocycles. The number of fused-ring (bicyclic) bond motifs is 8. The third kappa shape index (κ3) is 4.78. The maximum absolute atomic E-state index is 6.38. The number of hydrogen-bond acceptors (Lipinski definition) is 3. The summed E-state index contributed by atoms with van der Waals surface area (Å²) < 4.78 is 8.99. The Kier molecular flexibility index (Phi) is 6.76. The van der Waals surface area contributed by atoms with Crippen LogP contribution in [0.2, 0.25) is 0 Å². The SMILES string of the molecule is c1ccc2c(N(c3ccc4sc5ccccc5c4c3)c3ccc(-c4ccc(-c5cccc6c5oc5ccccc56)cc4)c4ccccc34)cccc2c1.